The summed E-state index contributed by atoms with van der Waals surface area (Å²) in [7, 11) is -3.91. The maximum absolute atomic E-state index is 11.9. The topological polar surface area (TPSA) is 96.4 Å². The molecule has 1 rings (SSSR count). The van der Waals surface area contributed by atoms with Crippen molar-refractivity contribution in [3.8, 4) is 0 Å². The Balaban J connectivity index is 2.93. The van der Waals surface area contributed by atoms with Crippen molar-refractivity contribution >= 4 is 31.9 Å². The summed E-state index contributed by atoms with van der Waals surface area (Å²) in [5.41, 5.74) is 0. The van der Waals surface area contributed by atoms with Gasteiger partial charge in [-0.25, -0.2) is 13.4 Å². The number of halogens is 1. The summed E-state index contributed by atoms with van der Waals surface area (Å²) in [5.74, 6) is -1.20. The molecule has 0 amide bonds. The van der Waals surface area contributed by atoms with Crippen LogP contribution in [0.15, 0.2) is 27.8 Å². The Morgan fingerprint density at radius 3 is 2.67 bits per heavy atom. The standard InChI is InChI=1S/C10H13BrN2O4S/c1-2-3-8(10(14)15)13-18(16,17)9-5-4-7(11)6-12-9/h4-6,8,13H,2-3H2,1H3,(H,14,15). The number of hydrogen-bond donors (Lipinski definition) is 2. The summed E-state index contributed by atoms with van der Waals surface area (Å²) < 4.78 is 26.5. The Hall–Kier alpha value is -0.990. The number of pyridine rings is 1. The third-order valence-electron chi connectivity index (χ3n) is 2.15. The number of carboxylic acid groups (broad SMARTS) is 1. The monoisotopic (exact) mass is 336 g/mol. The average Bonchev–Trinajstić information content (AvgIpc) is 2.28. The van der Waals surface area contributed by atoms with Crippen molar-refractivity contribution in [3.63, 3.8) is 0 Å². The van der Waals surface area contributed by atoms with E-state index in [1.807, 2.05) is 0 Å². The number of sulfonamides is 1. The van der Waals surface area contributed by atoms with E-state index in [-0.39, 0.29) is 11.4 Å². The van der Waals surface area contributed by atoms with Crippen molar-refractivity contribution in [2.75, 3.05) is 0 Å². The number of nitrogens with one attached hydrogen (secondary N) is 1. The molecule has 0 fully saturated rings. The van der Waals surface area contributed by atoms with Crippen molar-refractivity contribution in [1.82, 2.24) is 9.71 Å². The van der Waals surface area contributed by atoms with Gasteiger partial charge in [-0.15, -0.1) is 0 Å². The second-order valence-corrected chi connectivity index (χ2v) is 6.19. The Morgan fingerprint density at radius 1 is 1.56 bits per heavy atom. The molecular weight excluding hydrogens is 324 g/mol. The first-order chi connectivity index (χ1) is 8.36. The number of carboxylic acids is 1. The van der Waals surface area contributed by atoms with Crippen LogP contribution in [0.2, 0.25) is 0 Å². The molecule has 0 aliphatic carbocycles. The van der Waals surface area contributed by atoms with E-state index in [0.717, 1.165) is 0 Å². The van der Waals surface area contributed by atoms with Crippen LogP contribution in [0.4, 0.5) is 0 Å². The number of hydrogen-bond acceptors (Lipinski definition) is 4. The van der Waals surface area contributed by atoms with E-state index < -0.39 is 22.0 Å². The van der Waals surface area contributed by atoms with Gasteiger partial charge in [-0.3, -0.25) is 4.79 Å². The molecule has 2 N–H and O–H groups in total. The lowest BCUT2D eigenvalue weighted by Gasteiger charge is -2.13. The highest BCUT2D eigenvalue weighted by molar-refractivity contribution is 9.10. The highest BCUT2D eigenvalue weighted by Crippen LogP contribution is 2.12. The molecule has 0 aromatic carbocycles. The SMILES string of the molecule is CCCC(NS(=O)(=O)c1ccc(Br)cn1)C(=O)O. The van der Waals surface area contributed by atoms with Gasteiger partial charge >= 0.3 is 5.97 Å². The normalized spacial score (nSPS) is 13.2. The first-order valence-electron chi connectivity index (χ1n) is 5.23. The van der Waals surface area contributed by atoms with Crippen LogP contribution in [0.1, 0.15) is 19.8 Å². The molecule has 18 heavy (non-hydrogen) atoms. The van der Waals surface area contributed by atoms with Gasteiger partial charge in [0.05, 0.1) is 0 Å². The lowest BCUT2D eigenvalue weighted by molar-refractivity contribution is -0.139. The van der Waals surface area contributed by atoms with Crippen LogP contribution in [-0.2, 0) is 14.8 Å². The molecule has 8 heteroatoms. The van der Waals surface area contributed by atoms with E-state index in [2.05, 4.69) is 25.6 Å². The van der Waals surface area contributed by atoms with Gasteiger partial charge in [-0.1, -0.05) is 13.3 Å². The molecule has 0 aliphatic rings. The minimum atomic E-state index is -3.91. The van der Waals surface area contributed by atoms with Crippen LogP contribution < -0.4 is 4.72 Å². The van der Waals surface area contributed by atoms with E-state index >= 15 is 0 Å². The maximum Gasteiger partial charge on any atom is 0.321 e. The third-order valence-corrected chi connectivity index (χ3v) is 4.00. The van der Waals surface area contributed by atoms with Gasteiger partial charge in [0.25, 0.3) is 10.0 Å². The van der Waals surface area contributed by atoms with Crippen molar-refractivity contribution in [3.05, 3.63) is 22.8 Å². The molecule has 0 saturated heterocycles. The summed E-state index contributed by atoms with van der Waals surface area (Å²) in [6, 6.07) is 1.69. The van der Waals surface area contributed by atoms with E-state index in [4.69, 9.17) is 5.11 Å². The minimum absolute atomic E-state index is 0.201. The van der Waals surface area contributed by atoms with Gasteiger partial charge in [-0.2, -0.15) is 4.72 Å². The first kappa shape index (κ1) is 15.1. The van der Waals surface area contributed by atoms with Crippen molar-refractivity contribution in [2.45, 2.75) is 30.8 Å². The highest BCUT2D eigenvalue weighted by atomic mass is 79.9. The maximum atomic E-state index is 11.9. The van der Waals surface area contributed by atoms with E-state index in [0.29, 0.717) is 10.9 Å². The predicted octanol–water partition coefficient (Wildman–Crippen LogP) is 1.38. The van der Waals surface area contributed by atoms with Crippen LogP contribution in [0.3, 0.4) is 0 Å². The molecule has 0 aliphatic heterocycles. The minimum Gasteiger partial charge on any atom is -0.480 e. The zero-order chi connectivity index (χ0) is 13.8. The molecule has 1 atom stereocenters. The second-order valence-electron chi connectivity index (χ2n) is 3.62. The first-order valence-corrected chi connectivity index (χ1v) is 7.51. The van der Waals surface area contributed by atoms with E-state index in [1.54, 1.807) is 6.92 Å². The summed E-state index contributed by atoms with van der Waals surface area (Å²) in [6.07, 6.45) is 2.13. The number of nitrogens with zero attached hydrogens (tertiary/aromatic N) is 1. The molecule has 0 radical (unpaired) electrons. The average molecular weight is 337 g/mol. The Bertz CT molecular complexity index is 515. The zero-order valence-electron chi connectivity index (χ0n) is 9.63. The molecular formula is C10H13BrN2O4S. The molecule has 1 heterocycles. The van der Waals surface area contributed by atoms with Gasteiger partial charge in [0.15, 0.2) is 5.03 Å². The van der Waals surface area contributed by atoms with Gasteiger partial charge in [0, 0.05) is 10.7 Å². The van der Waals surface area contributed by atoms with Crippen LogP contribution >= 0.6 is 15.9 Å². The van der Waals surface area contributed by atoms with Gasteiger partial charge in [-0.05, 0) is 34.5 Å². The fourth-order valence-electron chi connectivity index (χ4n) is 1.29. The molecule has 100 valence electrons. The smallest absolute Gasteiger partial charge is 0.321 e. The lowest BCUT2D eigenvalue weighted by Crippen LogP contribution is -2.40. The largest absolute Gasteiger partial charge is 0.480 e. The van der Waals surface area contributed by atoms with Gasteiger partial charge in [0.1, 0.15) is 6.04 Å². The summed E-state index contributed by atoms with van der Waals surface area (Å²) >= 11 is 3.14. The van der Waals surface area contributed by atoms with Crippen molar-refractivity contribution in [1.29, 1.82) is 0 Å². The fourth-order valence-corrected chi connectivity index (χ4v) is 2.68. The predicted molar refractivity (Wildman–Crippen MR) is 68.6 cm³/mol. The molecule has 1 aromatic heterocycles. The lowest BCUT2D eigenvalue weighted by atomic mass is 10.2. The molecule has 0 spiro atoms. The van der Waals surface area contributed by atoms with Crippen molar-refractivity contribution in [2.24, 2.45) is 0 Å². The Labute approximate surface area is 114 Å². The molecule has 0 saturated carbocycles. The number of rotatable bonds is 6. The van der Waals surface area contributed by atoms with Gasteiger partial charge in [0.2, 0.25) is 0 Å². The third kappa shape index (κ3) is 4.04. The molecule has 0 bridgehead atoms. The quantitative estimate of drug-likeness (QED) is 0.817. The number of aromatic nitrogens is 1. The number of aliphatic carboxylic acids is 1. The zero-order valence-corrected chi connectivity index (χ0v) is 12.0. The summed E-state index contributed by atoms with van der Waals surface area (Å²) in [5, 5.41) is 8.70. The summed E-state index contributed by atoms with van der Waals surface area (Å²) in [6.45, 7) is 1.78. The van der Waals surface area contributed by atoms with Crippen LogP contribution in [0.25, 0.3) is 0 Å². The van der Waals surface area contributed by atoms with E-state index in [1.165, 1.54) is 18.3 Å². The van der Waals surface area contributed by atoms with Crippen LogP contribution in [0.5, 0.6) is 0 Å². The highest BCUT2D eigenvalue weighted by Gasteiger charge is 2.25. The van der Waals surface area contributed by atoms with Gasteiger partial charge < -0.3 is 5.11 Å². The van der Waals surface area contributed by atoms with E-state index in [9.17, 15) is 13.2 Å². The molecule has 6 nitrogen and oxygen atoms in total. The molecule has 1 aromatic rings. The Kier molecular flexibility index (Phi) is 5.24. The fraction of sp³-hybridized carbons (Fsp3) is 0.400. The van der Waals surface area contributed by atoms with Crippen LogP contribution in [-0.4, -0.2) is 30.5 Å². The Morgan fingerprint density at radius 2 is 2.22 bits per heavy atom. The summed E-state index contributed by atoms with van der Waals surface area (Å²) in [4.78, 5) is 14.6. The second kappa shape index (κ2) is 6.26. The number of carbonyl (C=O) groups is 1. The van der Waals surface area contributed by atoms with Crippen LogP contribution in [0, 0.1) is 0 Å². The molecule has 1 unspecified atom stereocenters. The van der Waals surface area contributed by atoms with Crippen molar-refractivity contribution < 1.29 is 18.3 Å².